The molecule has 1 unspecified atom stereocenters. The summed E-state index contributed by atoms with van der Waals surface area (Å²) in [7, 11) is 1.59. The lowest BCUT2D eigenvalue weighted by Crippen LogP contribution is -2.30. The lowest BCUT2D eigenvalue weighted by Gasteiger charge is -2.15. The number of methoxy groups -OCH3 is 1. The van der Waals surface area contributed by atoms with E-state index in [1.54, 1.807) is 7.11 Å². The maximum Gasteiger partial charge on any atom is 0.325 e. The molecule has 0 aliphatic carbocycles. The van der Waals surface area contributed by atoms with Gasteiger partial charge in [0.25, 0.3) is 0 Å². The molecule has 0 radical (unpaired) electrons. The first-order chi connectivity index (χ1) is 10.2. The van der Waals surface area contributed by atoms with Crippen molar-refractivity contribution in [2.45, 2.75) is 6.04 Å². The molecule has 0 heterocycles. The van der Waals surface area contributed by atoms with E-state index in [1.165, 1.54) is 0 Å². The van der Waals surface area contributed by atoms with Crippen LogP contribution in [0.5, 0.6) is 0 Å². The minimum absolute atomic E-state index is 0.478. The fourth-order valence-electron chi connectivity index (χ4n) is 2.15. The fourth-order valence-corrected chi connectivity index (χ4v) is 2.15. The largest absolute Gasteiger partial charge is 0.480 e. The highest BCUT2D eigenvalue weighted by Gasteiger charge is 2.18. The van der Waals surface area contributed by atoms with Crippen molar-refractivity contribution >= 4 is 5.97 Å². The standard InChI is InChI=1S/C17H19NO3/c1-21-12-11-18-16(17(19)20)15-9-7-14(8-10-15)13-5-3-2-4-6-13/h2-10,16,18H,11-12H2,1H3,(H,19,20). The fraction of sp³-hybridized carbons (Fsp3) is 0.235. The number of hydrogen-bond acceptors (Lipinski definition) is 3. The van der Waals surface area contributed by atoms with Crippen molar-refractivity contribution in [2.24, 2.45) is 0 Å². The van der Waals surface area contributed by atoms with Crippen LogP contribution in [0.1, 0.15) is 11.6 Å². The summed E-state index contributed by atoms with van der Waals surface area (Å²) in [5.41, 5.74) is 2.92. The van der Waals surface area contributed by atoms with Crippen LogP contribution in [0.3, 0.4) is 0 Å². The zero-order valence-corrected chi connectivity index (χ0v) is 12.0. The Morgan fingerprint density at radius 2 is 1.71 bits per heavy atom. The second-order valence-corrected chi connectivity index (χ2v) is 4.71. The average molecular weight is 285 g/mol. The summed E-state index contributed by atoms with van der Waals surface area (Å²) >= 11 is 0. The van der Waals surface area contributed by atoms with Crippen LogP contribution in [0.2, 0.25) is 0 Å². The van der Waals surface area contributed by atoms with Gasteiger partial charge in [-0.05, 0) is 16.7 Å². The predicted molar refractivity (Wildman–Crippen MR) is 82.1 cm³/mol. The van der Waals surface area contributed by atoms with E-state index < -0.39 is 12.0 Å². The minimum atomic E-state index is -0.890. The smallest absolute Gasteiger partial charge is 0.325 e. The molecule has 0 saturated heterocycles. The molecule has 0 saturated carbocycles. The SMILES string of the molecule is COCCNC(C(=O)O)c1ccc(-c2ccccc2)cc1. The van der Waals surface area contributed by atoms with Crippen LogP contribution in [0.4, 0.5) is 0 Å². The van der Waals surface area contributed by atoms with Crippen LogP contribution in [0.15, 0.2) is 54.6 Å². The third-order valence-electron chi connectivity index (χ3n) is 3.25. The topological polar surface area (TPSA) is 58.6 Å². The number of rotatable bonds is 7. The van der Waals surface area contributed by atoms with Gasteiger partial charge in [-0.1, -0.05) is 54.6 Å². The number of aliphatic carboxylic acids is 1. The van der Waals surface area contributed by atoms with Crippen LogP contribution >= 0.6 is 0 Å². The first-order valence-corrected chi connectivity index (χ1v) is 6.83. The number of carboxylic acid groups (broad SMARTS) is 1. The van der Waals surface area contributed by atoms with Gasteiger partial charge in [0.15, 0.2) is 0 Å². The summed E-state index contributed by atoms with van der Waals surface area (Å²) in [6.45, 7) is 0.972. The summed E-state index contributed by atoms with van der Waals surface area (Å²) in [5.74, 6) is -0.890. The predicted octanol–water partition coefficient (Wildman–Crippen LogP) is 2.72. The summed E-state index contributed by atoms with van der Waals surface area (Å²) in [4.78, 5) is 11.3. The van der Waals surface area contributed by atoms with E-state index in [4.69, 9.17) is 4.74 Å². The van der Waals surface area contributed by atoms with Crippen molar-refractivity contribution in [3.8, 4) is 11.1 Å². The van der Waals surface area contributed by atoms with Crippen molar-refractivity contribution in [2.75, 3.05) is 20.3 Å². The number of ether oxygens (including phenoxy) is 1. The number of hydrogen-bond donors (Lipinski definition) is 2. The molecule has 4 heteroatoms. The van der Waals surface area contributed by atoms with Crippen LogP contribution in [-0.4, -0.2) is 31.3 Å². The molecule has 21 heavy (non-hydrogen) atoms. The van der Waals surface area contributed by atoms with Gasteiger partial charge in [-0.3, -0.25) is 10.1 Å². The number of carbonyl (C=O) groups is 1. The molecule has 0 aromatic heterocycles. The van der Waals surface area contributed by atoms with Crippen LogP contribution in [0, 0.1) is 0 Å². The van der Waals surface area contributed by atoms with E-state index in [2.05, 4.69) is 5.32 Å². The van der Waals surface area contributed by atoms with Gasteiger partial charge in [-0.25, -0.2) is 0 Å². The maximum absolute atomic E-state index is 11.3. The molecule has 1 atom stereocenters. The maximum atomic E-state index is 11.3. The summed E-state index contributed by atoms with van der Waals surface area (Å²) in [6, 6.07) is 16.9. The molecular weight excluding hydrogens is 266 g/mol. The molecule has 0 aliphatic heterocycles. The minimum Gasteiger partial charge on any atom is -0.480 e. The summed E-state index contributed by atoms with van der Waals surface area (Å²) in [6.07, 6.45) is 0. The van der Waals surface area contributed by atoms with Crippen molar-refractivity contribution in [3.63, 3.8) is 0 Å². The number of nitrogens with one attached hydrogen (secondary N) is 1. The van der Waals surface area contributed by atoms with Crippen LogP contribution in [0.25, 0.3) is 11.1 Å². The third kappa shape index (κ3) is 4.15. The lowest BCUT2D eigenvalue weighted by molar-refractivity contribution is -0.139. The van der Waals surface area contributed by atoms with Crippen LogP contribution < -0.4 is 5.32 Å². The Labute approximate surface area is 124 Å². The second-order valence-electron chi connectivity index (χ2n) is 4.71. The molecule has 0 amide bonds. The molecule has 0 spiro atoms. The van der Waals surface area contributed by atoms with Crippen molar-refractivity contribution < 1.29 is 14.6 Å². The highest BCUT2D eigenvalue weighted by atomic mass is 16.5. The Hall–Kier alpha value is -2.17. The van der Waals surface area contributed by atoms with Gasteiger partial charge in [0.1, 0.15) is 6.04 Å². The molecule has 2 aromatic rings. The monoisotopic (exact) mass is 285 g/mol. The van der Waals surface area contributed by atoms with Gasteiger partial charge in [-0.2, -0.15) is 0 Å². The molecule has 2 aromatic carbocycles. The first-order valence-electron chi connectivity index (χ1n) is 6.83. The van der Waals surface area contributed by atoms with Crippen LogP contribution in [-0.2, 0) is 9.53 Å². The Balaban J connectivity index is 2.14. The molecule has 110 valence electrons. The number of carboxylic acids is 1. The summed E-state index contributed by atoms with van der Waals surface area (Å²) < 4.78 is 4.93. The van der Waals surface area contributed by atoms with E-state index >= 15 is 0 Å². The van der Waals surface area contributed by atoms with Crippen molar-refractivity contribution in [1.29, 1.82) is 0 Å². The van der Waals surface area contributed by atoms with E-state index in [9.17, 15) is 9.90 Å². The molecule has 4 nitrogen and oxygen atoms in total. The molecule has 0 bridgehead atoms. The first kappa shape index (κ1) is 15.2. The lowest BCUT2D eigenvalue weighted by atomic mass is 10.0. The summed E-state index contributed by atoms with van der Waals surface area (Å²) in [5, 5.41) is 12.3. The van der Waals surface area contributed by atoms with Gasteiger partial charge in [0.05, 0.1) is 6.61 Å². The van der Waals surface area contributed by atoms with E-state index in [-0.39, 0.29) is 0 Å². The van der Waals surface area contributed by atoms with Gasteiger partial charge in [-0.15, -0.1) is 0 Å². The van der Waals surface area contributed by atoms with E-state index in [0.29, 0.717) is 13.2 Å². The van der Waals surface area contributed by atoms with Gasteiger partial charge in [0, 0.05) is 13.7 Å². The Morgan fingerprint density at radius 1 is 1.10 bits per heavy atom. The Morgan fingerprint density at radius 3 is 2.29 bits per heavy atom. The quantitative estimate of drug-likeness (QED) is 0.768. The van der Waals surface area contributed by atoms with E-state index in [0.717, 1.165) is 16.7 Å². The normalized spacial score (nSPS) is 12.0. The zero-order valence-electron chi connectivity index (χ0n) is 12.0. The Bertz CT molecular complexity index is 566. The van der Waals surface area contributed by atoms with Crippen molar-refractivity contribution in [3.05, 3.63) is 60.2 Å². The molecule has 2 rings (SSSR count). The Kier molecular flexibility index (Phi) is 5.49. The second kappa shape index (κ2) is 7.57. The van der Waals surface area contributed by atoms with Gasteiger partial charge < -0.3 is 9.84 Å². The zero-order chi connectivity index (χ0) is 15.1. The molecule has 0 aliphatic rings. The van der Waals surface area contributed by atoms with Gasteiger partial charge >= 0.3 is 5.97 Å². The van der Waals surface area contributed by atoms with E-state index in [1.807, 2.05) is 54.6 Å². The van der Waals surface area contributed by atoms with Gasteiger partial charge in [0.2, 0.25) is 0 Å². The van der Waals surface area contributed by atoms with Crippen molar-refractivity contribution in [1.82, 2.24) is 5.32 Å². The average Bonchev–Trinajstić information content (AvgIpc) is 2.52. The third-order valence-corrected chi connectivity index (χ3v) is 3.25. The number of benzene rings is 2. The molecule has 2 N–H and O–H groups in total. The highest BCUT2D eigenvalue weighted by molar-refractivity contribution is 5.76. The highest BCUT2D eigenvalue weighted by Crippen LogP contribution is 2.22. The molecule has 0 fully saturated rings. The molecular formula is C17H19NO3.